The van der Waals surface area contributed by atoms with Gasteiger partial charge in [-0.3, -0.25) is 0 Å². The molecule has 0 unspecified atom stereocenters. The fourth-order valence-corrected chi connectivity index (χ4v) is 4.78. The van der Waals surface area contributed by atoms with Crippen LogP contribution in [-0.2, 0) is 20.0 Å². The minimum Gasteiger partial charge on any atom is -0.397 e. The Morgan fingerprint density at radius 1 is 1.00 bits per heavy atom. The molecule has 0 aromatic heterocycles. The van der Waals surface area contributed by atoms with Crippen molar-refractivity contribution in [3.05, 3.63) is 24.3 Å². The molecule has 6 nitrogen and oxygen atoms in total. The van der Waals surface area contributed by atoms with Gasteiger partial charge in [-0.05, 0) is 26.0 Å². The van der Waals surface area contributed by atoms with Gasteiger partial charge in [0.05, 0.1) is 22.9 Å². The van der Waals surface area contributed by atoms with Crippen LogP contribution in [0.5, 0.6) is 0 Å². The Labute approximate surface area is 108 Å². The number of hydrogen-bond acceptors (Lipinski definition) is 5. The maximum atomic E-state index is 11.9. The van der Waals surface area contributed by atoms with Crippen LogP contribution in [0.2, 0.25) is 0 Å². The molecule has 0 spiro atoms. The van der Waals surface area contributed by atoms with Crippen LogP contribution in [0.3, 0.4) is 0 Å². The van der Waals surface area contributed by atoms with Gasteiger partial charge < -0.3 is 5.73 Å². The highest BCUT2D eigenvalue weighted by molar-refractivity contribution is 8.10. The van der Waals surface area contributed by atoms with Gasteiger partial charge in [0, 0.05) is 0 Å². The zero-order chi connectivity index (χ0) is 14.0. The summed E-state index contributed by atoms with van der Waals surface area (Å²) in [7, 11) is -7.88. The SMILES string of the molecule is CCS(=O)(=O)N(c1ccccc1N)S(=O)(=O)CC. The molecule has 0 aliphatic carbocycles. The first-order valence-electron chi connectivity index (χ1n) is 5.36. The van der Waals surface area contributed by atoms with Gasteiger partial charge >= 0.3 is 0 Å². The molecule has 18 heavy (non-hydrogen) atoms. The summed E-state index contributed by atoms with van der Waals surface area (Å²) >= 11 is 0. The fraction of sp³-hybridized carbons (Fsp3) is 0.400. The molecular formula is C10H16N2O4S2. The summed E-state index contributed by atoms with van der Waals surface area (Å²) < 4.78 is 48.2. The maximum absolute atomic E-state index is 11.9. The molecule has 0 aliphatic heterocycles. The van der Waals surface area contributed by atoms with Crippen molar-refractivity contribution >= 4 is 31.4 Å². The van der Waals surface area contributed by atoms with Crippen molar-refractivity contribution < 1.29 is 16.8 Å². The molecule has 0 aliphatic rings. The molecular weight excluding hydrogens is 276 g/mol. The van der Waals surface area contributed by atoms with E-state index in [1.807, 2.05) is 0 Å². The van der Waals surface area contributed by atoms with E-state index in [1.165, 1.54) is 32.0 Å². The minimum absolute atomic E-state index is 0.0267. The molecule has 0 atom stereocenters. The van der Waals surface area contributed by atoms with Crippen molar-refractivity contribution in [3.8, 4) is 0 Å². The average molecular weight is 292 g/mol. The van der Waals surface area contributed by atoms with Crippen LogP contribution in [0.15, 0.2) is 24.3 Å². The second kappa shape index (κ2) is 5.15. The Morgan fingerprint density at radius 3 is 1.83 bits per heavy atom. The lowest BCUT2D eigenvalue weighted by Gasteiger charge is -2.23. The zero-order valence-electron chi connectivity index (χ0n) is 10.2. The van der Waals surface area contributed by atoms with Crippen molar-refractivity contribution in [2.75, 3.05) is 20.9 Å². The van der Waals surface area contributed by atoms with Gasteiger partial charge in [-0.1, -0.05) is 12.1 Å². The highest BCUT2D eigenvalue weighted by atomic mass is 32.3. The van der Waals surface area contributed by atoms with E-state index in [2.05, 4.69) is 0 Å². The van der Waals surface area contributed by atoms with Crippen molar-refractivity contribution in [2.45, 2.75) is 13.8 Å². The van der Waals surface area contributed by atoms with E-state index in [-0.39, 0.29) is 22.9 Å². The first-order valence-corrected chi connectivity index (χ1v) is 8.58. The Kier molecular flexibility index (Phi) is 4.23. The smallest absolute Gasteiger partial charge is 0.248 e. The van der Waals surface area contributed by atoms with E-state index in [4.69, 9.17) is 5.73 Å². The first-order chi connectivity index (χ1) is 8.26. The van der Waals surface area contributed by atoms with E-state index >= 15 is 0 Å². The standard InChI is InChI=1S/C10H16N2O4S2/c1-3-17(13,14)12(18(15,16)4-2)10-8-6-5-7-9(10)11/h5-8H,3-4,11H2,1-2H3. The summed E-state index contributed by atoms with van der Waals surface area (Å²) in [5.41, 5.74) is 5.73. The van der Waals surface area contributed by atoms with Gasteiger partial charge in [-0.25, -0.2) is 16.8 Å². The Balaban J connectivity index is 3.56. The van der Waals surface area contributed by atoms with Crippen molar-refractivity contribution in [1.29, 1.82) is 0 Å². The summed E-state index contributed by atoms with van der Waals surface area (Å²) in [5.74, 6) is -0.638. The highest BCUT2D eigenvalue weighted by Crippen LogP contribution is 2.28. The molecule has 0 amide bonds. The van der Waals surface area contributed by atoms with Gasteiger partial charge in [0.2, 0.25) is 20.0 Å². The van der Waals surface area contributed by atoms with Crippen molar-refractivity contribution in [2.24, 2.45) is 0 Å². The van der Waals surface area contributed by atoms with E-state index in [0.717, 1.165) is 0 Å². The highest BCUT2D eigenvalue weighted by Gasteiger charge is 2.32. The summed E-state index contributed by atoms with van der Waals surface area (Å²) in [6.07, 6.45) is 0. The summed E-state index contributed by atoms with van der Waals surface area (Å²) in [6, 6.07) is 5.97. The zero-order valence-corrected chi connectivity index (χ0v) is 11.8. The number of hydrogen-bond donors (Lipinski definition) is 1. The monoisotopic (exact) mass is 292 g/mol. The topological polar surface area (TPSA) is 97.5 Å². The molecule has 1 rings (SSSR count). The van der Waals surface area contributed by atoms with Crippen molar-refractivity contribution in [1.82, 2.24) is 0 Å². The van der Waals surface area contributed by atoms with Crippen LogP contribution in [0.25, 0.3) is 0 Å². The summed E-state index contributed by atoms with van der Waals surface area (Å²) in [4.78, 5) is 0. The maximum Gasteiger partial charge on any atom is 0.248 e. The third-order valence-electron chi connectivity index (χ3n) is 2.37. The van der Waals surface area contributed by atoms with Crippen LogP contribution in [0.4, 0.5) is 11.4 Å². The van der Waals surface area contributed by atoms with Gasteiger partial charge in [-0.2, -0.15) is 3.71 Å². The molecule has 8 heteroatoms. The molecule has 0 fully saturated rings. The molecule has 0 saturated carbocycles. The van der Waals surface area contributed by atoms with Crippen molar-refractivity contribution in [3.63, 3.8) is 0 Å². The molecule has 0 bridgehead atoms. The first kappa shape index (κ1) is 14.8. The van der Waals surface area contributed by atoms with Gasteiger partial charge in [0.1, 0.15) is 0 Å². The number of para-hydroxylation sites is 2. The molecule has 102 valence electrons. The number of nitrogens with two attached hydrogens (primary N) is 1. The number of nitrogen functional groups attached to an aromatic ring is 1. The minimum atomic E-state index is -3.94. The largest absolute Gasteiger partial charge is 0.397 e. The van der Waals surface area contributed by atoms with Crippen LogP contribution in [-0.4, -0.2) is 28.3 Å². The van der Waals surface area contributed by atoms with Crippen LogP contribution >= 0.6 is 0 Å². The van der Waals surface area contributed by atoms with E-state index in [0.29, 0.717) is 3.71 Å². The predicted octanol–water partition coefficient (Wildman–Crippen LogP) is 0.775. The third kappa shape index (κ3) is 2.75. The lowest BCUT2D eigenvalue weighted by atomic mass is 10.3. The molecule has 0 saturated heterocycles. The Hall–Kier alpha value is -1.28. The van der Waals surface area contributed by atoms with Gasteiger partial charge in [0.15, 0.2) is 0 Å². The molecule has 2 N–H and O–H groups in total. The lowest BCUT2D eigenvalue weighted by Crippen LogP contribution is -2.39. The van der Waals surface area contributed by atoms with Crippen LogP contribution in [0, 0.1) is 0 Å². The Bertz CT molecular complexity index is 589. The molecule has 1 aromatic carbocycles. The van der Waals surface area contributed by atoms with Gasteiger partial charge in [-0.15, -0.1) is 0 Å². The molecule has 1 aromatic rings. The number of rotatable bonds is 5. The van der Waals surface area contributed by atoms with Crippen LogP contribution in [0.1, 0.15) is 13.8 Å². The van der Waals surface area contributed by atoms with E-state index in [9.17, 15) is 16.8 Å². The number of anilines is 2. The Morgan fingerprint density at radius 2 is 1.44 bits per heavy atom. The predicted molar refractivity (Wildman–Crippen MR) is 72.3 cm³/mol. The second-order valence-electron chi connectivity index (χ2n) is 3.56. The van der Waals surface area contributed by atoms with Gasteiger partial charge in [0.25, 0.3) is 0 Å². The van der Waals surface area contributed by atoms with E-state index in [1.54, 1.807) is 6.07 Å². The normalized spacial score (nSPS) is 12.3. The fourth-order valence-electron chi connectivity index (χ4n) is 1.36. The number of nitrogens with zero attached hydrogens (tertiary/aromatic N) is 1. The molecule has 0 radical (unpaired) electrons. The quantitative estimate of drug-likeness (QED) is 0.809. The molecule has 0 heterocycles. The summed E-state index contributed by atoms with van der Waals surface area (Å²) in [6.45, 7) is 2.76. The number of sulfonamides is 2. The van der Waals surface area contributed by atoms with Crippen LogP contribution < -0.4 is 9.44 Å². The number of benzene rings is 1. The average Bonchev–Trinajstić information content (AvgIpc) is 2.31. The summed E-state index contributed by atoms with van der Waals surface area (Å²) in [5, 5.41) is 0. The third-order valence-corrected chi connectivity index (χ3v) is 6.59. The lowest BCUT2D eigenvalue weighted by molar-refractivity contribution is 0.585. The second-order valence-corrected chi connectivity index (χ2v) is 8.00. The van der Waals surface area contributed by atoms with E-state index < -0.39 is 20.0 Å².